The number of carbonyl (C=O) groups excluding carboxylic acids is 1. The number of ether oxygens (including phenoxy) is 11. The Labute approximate surface area is 256 Å². The zero-order chi connectivity index (χ0) is 30.7. The Kier molecular flexibility index (Phi) is 30.3. The zero-order valence-corrected chi connectivity index (χ0v) is 25.8. The lowest BCUT2D eigenvalue weighted by Crippen LogP contribution is -2.17. The standard InChI is InChI=1S/C30H53NO12/c1-31-7-8-33-9-10-34-11-12-35-13-14-36-15-16-37-17-18-38-19-20-39-21-22-40-23-24-41-25-26-42-27-28-43-30(32)29-5-3-2-4-6-29/h2-6,31H,7-28H2,1H3. The zero-order valence-electron chi connectivity index (χ0n) is 25.8. The molecule has 0 aliphatic carbocycles. The van der Waals surface area contributed by atoms with Crippen LogP contribution in [0.15, 0.2) is 30.3 Å². The van der Waals surface area contributed by atoms with Crippen LogP contribution in [0.1, 0.15) is 10.4 Å². The molecule has 0 aliphatic rings. The molecule has 1 aromatic rings. The lowest BCUT2D eigenvalue weighted by Gasteiger charge is -2.09. The van der Waals surface area contributed by atoms with Gasteiger partial charge in [0.05, 0.1) is 138 Å². The highest BCUT2D eigenvalue weighted by molar-refractivity contribution is 5.89. The monoisotopic (exact) mass is 619 g/mol. The van der Waals surface area contributed by atoms with Crippen LogP contribution in [0, 0.1) is 0 Å². The van der Waals surface area contributed by atoms with Gasteiger partial charge in [-0.2, -0.15) is 0 Å². The summed E-state index contributed by atoms with van der Waals surface area (Å²) >= 11 is 0. The molecule has 0 amide bonds. The van der Waals surface area contributed by atoms with E-state index in [1.54, 1.807) is 24.3 Å². The van der Waals surface area contributed by atoms with E-state index in [9.17, 15) is 4.79 Å². The van der Waals surface area contributed by atoms with Gasteiger partial charge in [-0.3, -0.25) is 0 Å². The summed E-state index contributed by atoms with van der Waals surface area (Å²) in [6.07, 6.45) is 0. The van der Waals surface area contributed by atoms with Gasteiger partial charge >= 0.3 is 5.97 Å². The number of nitrogens with one attached hydrogen (secondary N) is 1. The first-order valence-electron chi connectivity index (χ1n) is 15.0. The molecule has 1 rings (SSSR count). The number of rotatable bonds is 34. The average Bonchev–Trinajstić information content (AvgIpc) is 3.03. The first kappa shape index (κ1) is 39.3. The summed E-state index contributed by atoms with van der Waals surface area (Å²) in [6, 6.07) is 8.85. The Morgan fingerprint density at radius 2 is 0.721 bits per heavy atom. The molecule has 0 aromatic heterocycles. The van der Waals surface area contributed by atoms with Crippen molar-refractivity contribution in [3.8, 4) is 0 Å². The van der Waals surface area contributed by atoms with Crippen LogP contribution in [0.5, 0.6) is 0 Å². The minimum Gasteiger partial charge on any atom is -0.460 e. The van der Waals surface area contributed by atoms with Crippen molar-refractivity contribution in [2.24, 2.45) is 0 Å². The van der Waals surface area contributed by atoms with Gasteiger partial charge in [-0.05, 0) is 19.2 Å². The quantitative estimate of drug-likeness (QED) is 0.0878. The Morgan fingerprint density at radius 1 is 0.442 bits per heavy atom. The maximum absolute atomic E-state index is 11.8. The van der Waals surface area contributed by atoms with Crippen molar-refractivity contribution in [3.05, 3.63) is 35.9 Å². The van der Waals surface area contributed by atoms with Crippen LogP contribution in [-0.2, 0) is 52.1 Å². The summed E-state index contributed by atoms with van der Waals surface area (Å²) in [4.78, 5) is 11.8. The molecule has 0 atom stereocenters. The first-order chi connectivity index (χ1) is 21.3. The topological polar surface area (TPSA) is 131 Å². The van der Waals surface area contributed by atoms with Crippen LogP contribution in [0.4, 0.5) is 0 Å². The fourth-order valence-electron chi connectivity index (χ4n) is 3.11. The Balaban J connectivity index is 1.64. The molecule has 13 heteroatoms. The molecule has 0 fully saturated rings. The van der Waals surface area contributed by atoms with Crippen molar-refractivity contribution in [1.29, 1.82) is 0 Å². The molecule has 13 nitrogen and oxygen atoms in total. The van der Waals surface area contributed by atoms with Crippen molar-refractivity contribution in [2.75, 3.05) is 152 Å². The van der Waals surface area contributed by atoms with Gasteiger partial charge < -0.3 is 57.4 Å². The fourth-order valence-corrected chi connectivity index (χ4v) is 3.11. The predicted molar refractivity (Wildman–Crippen MR) is 159 cm³/mol. The normalized spacial score (nSPS) is 11.3. The molecule has 43 heavy (non-hydrogen) atoms. The minimum atomic E-state index is -0.355. The highest BCUT2D eigenvalue weighted by Crippen LogP contribution is 2.00. The number of hydrogen-bond acceptors (Lipinski definition) is 13. The van der Waals surface area contributed by atoms with Gasteiger partial charge in [0, 0.05) is 6.54 Å². The average molecular weight is 620 g/mol. The number of carbonyl (C=O) groups is 1. The summed E-state index contributed by atoms with van der Waals surface area (Å²) in [5.74, 6) is -0.355. The van der Waals surface area contributed by atoms with Crippen molar-refractivity contribution < 1.29 is 56.9 Å². The maximum atomic E-state index is 11.8. The number of esters is 1. The smallest absolute Gasteiger partial charge is 0.338 e. The van der Waals surface area contributed by atoms with Gasteiger partial charge in [0.1, 0.15) is 6.61 Å². The van der Waals surface area contributed by atoms with Crippen LogP contribution < -0.4 is 5.32 Å². The second-order valence-corrected chi connectivity index (χ2v) is 8.73. The van der Waals surface area contributed by atoms with Gasteiger partial charge in [-0.25, -0.2) is 4.79 Å². The minimum absolute atomic E-state index is 0.204. The van der Waals surface area contributed by atoms with E-state index < -0.39 is 0 Å². The Bertz CT molecular complexity index is 701. The molecule has 1 aromatic carbocycles. The van der Waals surface area contributed by atoms with Crippen LogP contribution in [0.2, 0.25) is 0 Å². The molecule has 0 heterocycles. The van der Waals surface area contributed by atoms with E-state index in [0.29, 0.717) is 138 Å². The van der Waals surface area contributed by atoms with Crippen LogP contribution >= 0.6 is 0 Å². The van der Waals surface area contributed by atoms with E-state index in [-0.39, 0.29) is 12.6 Å². The molecule has 0 saturated carbocycles. The molecule has 0 saturated heterocycles. The molecular weight excluding hydrogens is 566 g/mol. The molecular formula is C30H53NO12. The van der Waals surface area contributed by atoms with Crippen LogP contribution in [0.25, 0.3) is 0 Å². The van der Waals surface area contributed by atoms with E-state index in [1.807, 2.05) is 13.1 Å². The third kappa shape index (κ3) is 28.8. The molecule has 0 spiro atoms. The summed E-state index contributed by atoms with van der Waals surface area (Å²) in [5.41, 5.74) is 0.527. The van der Waals surface area contributed by atoms with Gasteiger partial charge in [0.2, 0.25) is 0 Å². The van der Waals surface area contributed by atoms with E-state index >= 15 is 0 Å². The molecule has 0 bridgehead atoms. The van der Waals surface area contributed by atoms with Gasteiger partial charge in [-0.15, -0.1) is 0 Å². The van der Waals surface area contributed by atoms with Gasteiger partial charge in [-0.1, -0.05) is 18.2 Å². The summed E-state index contributed by atoms with van der Waals surface area (Å²) in [6.45, 7) is 11.2. The third-order valence-electron chi connectivity index (χ3n) is 5.31. The summed E-state index contributed by atoms with van der Waals surface area (Å²) in [7, 11) is 1.89. The van der Waals surface area contributed by atoms with Crippen molar-refractivity contribution in [2.45, 2.75) is 0 Å². The summed E-state index contributed by atoms with van der Waals surface area (Å²) < 4.78 is 59.5. The van der Waals surface area contributed by atoms with E-state index in [2.05, 4.69) is 5.32 Å². The second-order valence-electron chi connectivity index (χ2n) is 8.73. The fraction of sp³-hybridized carbons (Fsp3) is 0.767. The maximum Gasteiger partial charge on any atom is 0.338 e. The van der Waals surface area contributed by atoms with Gasteiger partial charge in [0.15, 0.2) is 0 Å². The second kappa shape index (κ2) is 33.1. The number of likely N-dealkylation sites (N-methyl/N-ethyl adjacent to an activating group) is 1. The molecule has 0 radical (unpaired) electrons. The van der Waals surface area contributed by atoms with Crippen LogP contribution in [-0.4, -0.2) is 158 Å². The van der Waals surface area contributed by atoms with E-state index in [1.165, 1.54) is 0 Å². The lowest BCUT2D eigenvalue weighted by atomic mass is 10.2. The highest BCUT2D eigenvalue weighted by atomic mass is 16.6. The van der Waals surface area contributed by atoms with E-state index in [0.717, 1.165) is 6.54 Å². The van der Waals surface area contributed by atoms with Crippen molar-refractivity contribution >= 4 is 5.97 Å². The third-order valence-corrected chi connectivity index (χ3v) is 5.31. The first-order valence-corrected chi connectivity index (χ1v) is 15.0. The largest absolute Gasteiger partial charge is 0.460 e. The Hall–Kier alpha value is -1.75. The number of benzene rings is 1. The number of hydrogen-bond donors (Lipinski definition) is 1. The SMILES string of the molecule is CNCCOCCOCCOCCOCCOCCOCCOCCOCCOCCOCCOC(=O)c1ccccc1. The van der Waals surface area contributed by atoms with Crippen LogP contribution in [0.3, 0.4) is 0 Å². The molecule has 1 N–H and O–H groups in total. The van der Waals surface area contributed by atoms with Crippen molar-refractivity contribution in [1.82, 2.24) is 5.32 Å². The molecule has 250 valence electrons. The predicted octanol–water partition coefficient (Wildman–Crippen LogP) is 1.23. The van der Waals surface area contributed by atoms with Crippen molar-refractivity contribution in [3.63, 3.8) is 0 Å². The molecule has 0 aliphatic heterocycles. The highest BCUT2D eigenvalue weighted by Gasteiger charge is 2.05. The van der Waals surface area contributed by atoms with Gasteiger partial charge in [0.25, 0.3) is 0 Å². The summed E-state index contributed by atoms with van der Waals surface area (Å²) in [5, 5.41) is 3.02. The lowest BCUT2D eigenvalue weighted by molar-refractivity contribution is -0.0270. The Morgan fingerprint density at radius 3 is 1.02 bits per heavy atom. The van der Waals surface area contributed by atoms with E-state index in [4.69, 9.17) is 52.1 Å². The molecule has 0 unspecified atom stereocenters.